The Morgan fingerprint density at radius 3 is 2.60 bits per heavy atom. The second kappa shape index (κ2) is 9.68. The summed E-state index contributed by atoms with van der Waals surface area (Å²) in [5.41, 5.74) is 2.47. The van der Waals surface area contributed by atoms with E-state index in [1.54, 1.807) is 14.2 Å². The maximum Gasteiger partial charge on any atom is 0.409 e. The van der Waals surface area contributed by atoms with Crippen LogP contribution in [0.25, 0.3) is 0 Å². The average Bonchev–Trinajstić information content (AvgIpc) is 2.73. The highest BCUT2D eigenvalue weighted by atomic mass is 79.9. The summed E-state index contributed by atoms with van der Waals surface area (Å²) < 4.78 is 18.1. The van der Waals surface area contributed by atoms with Gasteiger partial charge in [0.25, 0.3) is 0 Å². The minimum Gasteiger partial charge on any atom is -0.493 e. The molecule has 1 saturated carbocycles. The van der Waals surface area contributed by atoms with Crippen molar-refractivity contribution in [2.45, 2.75) is 69.2 Å². The van der Waals surface area contributed by atoms with Crippen molar-refractivity contribution in [1.29, 1.82) is 0 Å². The number of nitrogens with zero attached hydrogens (tertiary/aromatic N) is 1. The number of carbonyl (C=O) groups is 1. The second-order valence-electron chi connectivity index (χ2n) is 8.32. The number of amides is 1. The van der Waals surface area contributed by atoms with Gasteiger partial charge in [0, 0.05) is 32.9 Å². The van der Waals surface area contributed by atoms with Crippen LogP contribution in [0.3, 0.4) is 0 Å². The van der Waals surface area contributed by atoms with Crippen molar-refractivity contribution in [3.63, 3.8) is 0 Å². The van der Waals surface area contributed by atoms with Gasteiger partial charge in [0.2, 0.25) is 0 Å². The summed E-state index contributed by atoms with van der Waals surface area (Å²) in [6.45, 7) is 7.31. The maximum absolute atomic E-state index is 12.6. The van der Waals surface area contributed by atoms with Crippen LogP contribution in [0.2, 0.25) is 0 Å². The van der Waals surface area contributed by atoms with E-state index in [0.29, 0.717) is 23.9 Å². The Morgan fingerprint density at radius 2 is 2.00 bits per heavy atom. The van der Waals surface area contributed by atoms with Crippen molar-refractivity contribution in [1.82, 2.24) is 4.90 Å². The topological polar surface area (TPSA) is 48.0 Å². The quantitative estimate of drug-likeness (QED) is 0.420. The first-order valence-electron chi connectivity index (χ1n) is 10.9. The summed E-state index contributed by atoms with van der Waals surface area (Å²) >= 11 is 7.67. The zero-order chi connectivity index (χ0) is 22.1. The highest BCUT2D eigenvalue weighted by Crippen LogP contribution is 2.57. The van der Waals surface area contributed by atoms with E-state index in [2.05, 4.69) is 45.7 Å². The molecule has 2 aliphatic rings. The summed E-state index contributed by atoms with van der Waals surface area (Å²) in [5.74, 6) is 1.89. The summed E-state index contributed by atoms with van der Waals surface area (Å²) in [6.07, 6.45) is 4.76. The first-order valence-corrected chi connectivity index (χ1v) is 12.6. The van der Waals surface area contributed by atoms with Crippen LogP contribution in [0.4, 0.5) is 4.79 Å². The van der Waals surface area contributed by atoms with Gasteiger partial charge in [-0.1, -0.05) is 38.8 Å². The zero-order valence-electron chi connectivity index (χ0n) is 18.6. The number of benzene rings is 1. The molecule has 5 nitrogen and oxygen atoms in total. The van der Waals surface area contributed by atoms with Crippen molar-refractivity contribution < 1.29 is 19.0 Å². The lowest BCUT2D eigenvalue weighted by Gasteiger charge is -2.55. The molecule has 0 spiro atoms. The molecule has 4 atom stereocenters. The van der Waals surface area contributed by atoms with Crippen molar-refractivity contribution in [3.8, 4) is 11.5 Å². The number of hydrogen-bond acceptors (Lipinski definition) is 4. The fourth-order valence-electron chi connectivity index (χ4n) is 5.70. The molecule has 0 radical (unpaired) electrons. The van der Waals surface area contributed by atoms with Crippen molar-refractivity contribution in [2.75, 3.05) is 27.4 Å². The van der Waals surface area contributed by atoms with Crippen LogP contribution in [0.5, 0.6) is 11.5 Å². The highest BCUT2D eigenvalue weighted by molar-refractivity contribution is 9.10. The van der Waals surface area contributed by atoms with E-state index in [4.69, 9.17) is 14.2 Å². The largest absolute Gasteiger partial charge is 0.493 e. The fraction of sp³-hybridized carbons (Fsp3) is 0.696. The molecule has 1 saturated heterocycles. The molecule has 0 N–H and O–H groups in total. The minimum absolute atomic E-state index is 0.0690. The predicted molar refractivity (Wildman–Crippen MR) is 126 cm³/mol. The van der Waals surface area contributed by atoms with Gasteiger partial charge in [-0.3, -0.25) is 0 Å². The van der Waals surface area contributed by atoms with Crippen molar-refractivity contribution in [3.05, 3.63) is 21.7 Å². The molecular formula is C23H33Br2NO4. The number of methoxy groups -OCH3 is 2. The van der Waals surface area contributed by atoms with Crippen LogP contribution in [-0.2, 0) is 16.6 Å². The van der Waals surface area contributed by atoms with E-state index in [1.807, 2.05) is 17.9 Å². The molecule has 168 valence electrons. The molecule has 0 aromatic heterocycles. The second-order valence-corrected chi connectivity index (χ2v) is 10.5. The molecule has 3 rings (SSSR count). The SMILES string of the molecule is CCOC(=O)N1CCC2(c3c(CC)c(Br)cc(OC)c3OC)CCC(Br)CC2C1C. The maximum atomic E-state index is 12.6. The predicted octanol–water partition coefficient (Wildman–Crippen LogP) is 6.08. The Hall–Kier alpha value is -0.950. The van der Waals surface area contributed by atoms with Gasteiger partial charge in [-0.05, 0) is 63.5 Å². The van der Waals surface area contributed by atoms with E-state index >= 15 is 0 Å². The van der Waals surface area contributed by atoms with Gasteiger partial charge in [0.15, 0.2) is 11.5 Å². The summed E-state index contributed by atoms with van der Waals surface area (Å²) in [5, 5.41) is 0. The third-order valence-corrected chi connectivity index (χ3v) is 8.61. The smallest absolute Gasteiger partial charge is 0.409 e. The van der Waals surface area contributed by atoms with E-state index in [9.17, 15) is 4.79 Å². The van der Waals surface area contributed by atoms with Crippen molar-refractivity contribution in [2.24, 2.45) is 5.92 Å². The number of alkyl halides is 1. The van der Waals surface area contributed by atoms with Gasteiger partial charge in [0.1, 0.15) is 0 Å². The van der Waals surface area contributed by atoms with Crippen LogP contribution < -0.4 is 9.47 Å². The fourth-order valence-corrected chi connectivity index (χ4v) is 7.02. The zero-order valence-corrected chi connectivity index (χ0v) is 21.8. The van der Waals surface area contributed by atoms with Crippen LogP contribution in [0.15, 0.2) is 10.5 Å². The van der Waals surface area contributed by atoms with Crippen molar-refractivity contribution >= 4 is 38.0 Å². The van der Waals surface area contributed by atoms with Gasteiger partial charge < -0.3 is 19.1 Å². The van der Waals surface area contributed by atoms with Crippen LogP contribution in [-0.4, -0.2) is 49.2 Å². The molecule has 1 amide bonds. The first-order chi connectivity index (χ1) is 14.3. The molecular weight excluding hydrogens is 514 g/mol. The standard InChI is InChI=1S/C23H33Br2NO4/c1-6-16-18(25)13-19(28-4)21(29-5)20(16)23-9-8-15(24)12-17(23)14(3)26(11-10-23)22(27)30-7-2/h13-15,17H,6-12H2,1-5H3. The number of piperidine rings is 1. The van der Waals surface area contributed by atoms with E-state index in [1.165, 1.54) is 11.1 Å². The Morgan fingerprint density at radius 1 is 1.27 bits per heavy atom. The van der Waals surface area contributed by atoms with E-state index in [-0.39, 0.29) is 17.6 Å². The van der Waals surface area contributed by atoms with Crippen LogP contribution >= 0.6 is 31.9 Å². The minimum atomic E-state index is -0.204. The van der Waals surface area contributed by atoms with E-state index in [0.717, 1.165) is 48.1 Å². The molecule has 1 aromatic rings. The average molecular weight is 547 g/mol. The lowest BCUT2D eigenvalue weighted by Crippen LogP contribution is -2.59. The number of rotatable bonds is 5. The molecule has 1 aromatic carbocycles. The normalized spacial score (nSPS) is 28.6. The molecule has 7 heteroatoms. The summed E-state index contributed by atoms with van der Waals surface area (Å²) in [7, 11) is 3.42. The molecule has 30 heavy (non-hydrogen) atoms. The Balaban J connectivity index is 2.18. The van der Waals surface area contributed by atoms with E-state index < -0.39 is 0 Å². The van der Waals surface area contributed by atoms with Gasteiger partial charge in [-0.2, -0.15) is 0 Å². The lowest BCUT2D eigenvalue weighted by molar-refractivity contribution is 0.00525. The van der Waals surface area contributed by atoms with Crippen LogP contribution in [0.1, 0.15) is 57.6 Å². The molecule has 1 heterocycles. The molecule has 2 fully saturated rings. The lowest BCUT2D eigenvalue weighted by atomic mass is 9.56. The summed E-state index contributed by atoms with van der Waals surface area (Å²) in [4.78, 5) is 15.0. The number of ether oxygens (including phenoxy) is 3. The number of carbonyl (C=O) groups excluding carboxylic acids is 1. The van der Waals surface area contributed by atoms with Gasteiger partial charge in [-0.25, -0.2) is 4.79 Å². The monoisotopic (exact) mass is 545 g/mol. The third kappa shape index (κ3) is 3.96. The van der Waals surface area contributed by atoms with Gasteiger partial charge in [0.05, 0.1) is 20.8 Å². The Labute approximate surface area is 197 Å². The number of hydrogen-bond donors (Lipinski definition) is 0. The number of fused-ring (bicyclic) bond motifs is 1. The third-order valence-electron chi connectivity index (χ3n) is 7.07. The van der Waals surface area contributed by atoms with Gasteiger partial charge >= 0.3 is 6.09 Å². The molecule has 0 bridgehead atoms. The highest BCUT2D eigenvalue weighted by Gasteiger charge is 2.54. The molecule has 1 aliphatic carbocycles. The number of halogens is 2. The van der Waals surface area contributed by atoms with Gasteiger partial charge in [-0.15, -0.1) is 0 Å². The Kier molecular flexibility index (Phi) is 7.65. The van der Waals surface area contributed by atoms with Crippen LogP contribution in [0, 0.1) is 5.92 Å². The molecule has 4 unspecified atom stereocenters. The first kappa shape index (κ1) is 23.7. The summed E-state index contributed by atoms with van der Waals surface area (Å²) in [6, 6.07) is 2.10. The molecule has 1 aliphatic heterocycles. The Bertz CT molecular complexity index is 787. The number of likely N-dealkylation sites (tertiary alicyclic amines) is 1.